The van der Waals surface area contributed by atoms with E-state index >= 15 is 0 Å². The van der Waals surface area contributed by atoms with Gasteiger partial charge in [0, 0.05) is 13.6 Å². The van der Waals surface area contributed by atoms with Gasteiger partial charge in [-0.15, -0.1) is 0 Å². The molecule has 0 fully saturated rings. The summed E-state index contributed by atoms with van der Waals surface area (Å²) in [6, 6.07) is 5.35. The average molecular weight is 220 g/mol. The molecule has 0 aromatic heterocycles. The van der Waals surface area contributed by atoms with Gasteiger partial charge in [0.1, 0.15) is 0 Å². The van der Waals surface area contributed by atoms with Crippen LogP contribution in [-0.4, -0.2) is 30.2 Å². The lowest BCUT2D eigenvalue weighted by Crippen LogP contribution is -2.50. The summed E-state index contributed by atoms with van der Waals surface area (Å²) in [6.45, 7) is 4.98. The molecule has 1 heterocycles. The van der Waals surface area contributed by atoms with Crippen LogP contribution >= 0.6 is 0 Å². The SMILES string of the molecule is CN1c2cccc(C(=O)O)c2NCC1(C)C. The van der Waals surface area contributed by atoms with Crippen molar-refractivity contribution in [2.45, 2.75) is 19.4 Å². The number of fused-ring (bicyclic) bond motifs is 1. The van der Waals surface area contributed by atoms with Gasteiger partial charge in [0.05, 0.1) is 22.5 Å². The highest BCUT2D eigenvalue weighted by Crippen LogP contribution is 2.36. The van der Waals surface area contributed by atoms with Crippen LogP contribution in [0.3, 0.4) is 0 Å². The fourth-order valence-electron chi connectivity index (χ4n) is 1.93. The highest BCUT2D eigenvalue weighted by molar-refractivity contribution is 5.98. The maximum absolute atomic E-state index is 11.1. The second-order valence-corrected chi connectivity index (χ2v) is 4.73. The quantitative estimate of drug-likeness (QED) is 0.760. The molecule has 0 amide bonds. The van der Waals surface area contributed by atoms with Crippen LogP contribution < -0.4 is 10.2 Å². The molecule has 1 aromatic carbocycles. The minimum absolute atomic E-state index is 0.00979. The molecule has 2 N–H and O–H groups in total. The Kier molecular flexibility index (Phi) is 2.30. The van der Waals surface area contributed by atoms with E-state index in [-0.39, 0.29) is 5.54 Å². The molecule has 1 aromatic rings. The van der Waals surface area contributed by atoms with E-state index in [1.807, 2.05) is 13.1 Å². The van der Waals surface area contributed by atoms with Gasteiger partial charge < -0.3 is 15.3 Å². The van der Waals surface area contributed by atoms with Crippen LogP contribution in [0, 0.1) is 0 Å². The van der Waals surface area contributed by atoms with E-state index < -0.39 is 5.97 Å². The van der Waals surface area contributed by atoms with Crippen LogP contribution in [0.25, 0.3) is 0 Å². The van der Waals surface area contributed by atoms with E-state index in [0.29, 0.717) is 5.56 Å². The third-order valence-corrected chi connectivity index (χ3v) is 3.24. The summed E-state index contributed by atoms with van der Waals surface area (Å²) in [7, 11) is 1.99. The average Bonchev–Trinajstić information content (AvgIpc) is 2.23. The van der Waals surface area contributed by atoms with E-state index in [1.165, 1.54) is 0 Å². The molecule has 1 aliphatic rings. The minimum Gasteiger partial charge on any atom is -0.478 e. The lowest BCUT2D eigenvalue weighted by Gasteiger charge is -2.43. The molecule has 0 radical (unpaired) electrons. The first-order valence-corrected chi connectivity index (χ1v) is 5.27. The van der Waals surface area contributed by atoms with Crippen molar-refractivity contribution in [3.8, 4) is 0 Å². The number of aromatic carboxylic acids is 1. The Morgan fingerprint density at radius 2 is 2.19 bits per heavy atom. The Morgan fingerprint density at radius 1 is 1.50 bits per heavy atom. The number of hydrogen-bond acceptors (Lipinski definition) is 3. The van der Waals surface area contributed by atoms with Crippen LogP contribution in [0.2, 0.25) is 0 Å². The molecule has 0 aliphatic carbocycles. The molecule has 0 atom stereocenters. The Morgan fingerprint density at radius 3 is 2.81 bits per heavy atom. The van der Waals surface area contributed by atoms with Gasteiger partial charge in [0.2, 0.25) is 0 Å². The Labute approximate surface area is 94.9 Å². The summed E-state index contributed by atoms with van der Waals surface area (Å²) in [4.78, 5) is 13.2. The fraction of sp³-hybridized carbons (Fsp3) is 0.417. The largest absolute Gasteiger partial charge is 0.478 e. The standard InChI is InChI=1S/C12H16N2O2/c1-12(2)7-13-10-8(11(15)16)5-4-6-9(10)14(12)3/h4-6,13H,7H2,1-3H3,(H,15,16). The summed E-state index contributed by atoms with van der Waals surface area (Å²) in [6.07, 6.45) is 0. The number of benzene rings is 1. The topological polar surface area (TPSA) is 52.6 Å². The lowest BCUT2D eigenvalue weighted by atomic mass is 9.97. The van der Waals surface area contributed by atoms with Gasteiger partial charge in [-0.25, -0.2) is 4.79 Å². The van der Waals surface area contributed by atoms with E-state index in [4.69, 9.17) is 5.11 Å². The molecular weight excluding hydrogens is 204 g/mol. The van der Waals surface area contributed by atoms with Crippen molar-refractivity contribution in [3.63, 3.8) is 0 Å². The van der Waals surface area contributed by atoms with Gasteiger partial charge in [0.15, 0.2) is 0 Å². The predicted octanol–water partition coefficient (Wildman–Crippen LogP) is 2.03. The maximum Gasteiger partial charge on any atom is 0.337 e. The number of nitrogens with one attached hydrogen (secondary N) is 1. The normalized spacial score (nSPS) is 17.6. The monoisotopic (exact) mass is 220 g/mol. The summed E-state index contributed by atoms with van der Waals surface area (Å²) in [5.74, 6) is -0.891. The summed E-state index contributed by atoms with van der Waals surface area (Å²) >= 11 is 0. The maximum atomic E-state index is 11.1. The number of hydrogen-bond donors (Lipinski definition) is 2. The fourth-order valence-corrected chi connectivity index (χ4v) is 1.93. The number of carbonyl (C=O) groups is 1. The zero-order valence-corrected chi connectivity index (χ0v) is 9.74. The second kappa shape index (κ2) is 3.40. The van der Waals surface area contributed by atoms with Crippen molar-refractivity contribution in [1.82, 2.24) is 0 Å². The smallest absolute Gasteiger partial charge is 0.337 e. The molecule has 0 saturated heterocycles. The Bertz CT molecular complexity index is 441. The number of anilines is 2. The second-order valence-electron chi connectivity index (χ2n) is 4.73. The molecule has 86 valence electrons. The lowest BCUT2D eigenvalue weighted by molar-refractivity contribution is 0.0698. The van der Waals surface area contributed by atoms with Crippen LogP contribution in [0.1, 0.15) is 24.2 Å². The third-order valence-electron chi connectivity index (χ3n) is 3.24. The Hall–Kier alpha value is -1.71. The van der Waals surface area contributed by atoms with Crippen molar-refractivity contribution in [1.29, 1.82) is 0 Å². The molecule has 0 unspecified atom stereocenters. The van der Waals surface area contributed by atoms with E-state index in [2.05, 4.69) is 24.1 Å². The third kappa shape index (κ3) is 1.50. The van der Waals surface area contributed by atoms with Gasteiger partial charge in [-0.1, -0.05) is 6.07 Å². The predicted molar refractivity (Wildman–Crippen MR) is 64.4 cm³/mol. The molecular formula is C12H16N2O2. The van der Waals surface area contributed by atoms with Crippen molar-refractivity contribution < 1.29 is 9.90 Å². The molecule has 1 aliphatic heterocycles. The molecule has 16 heavy (non-hydrogen) atoms. The first-order valence-electron chi connectivity index (χ1n) is 5.27. The molecule has 0 bridgehead atoms. The number of nitrogens with zero attached hydrogens (tertiary/aromatic N) is 1. The van der Waals surface area contributed by atoms with Crippen LogP contribution in [0.15, 0.2) is 18.2 Å². The first-order chi connectivity index (χ1) is 7.43. The van der Waals surface area contributed by atoms with E-state index in [1.54, 1.807) is 12.1 Å². The highest BCUT2D eigenvalue weighted by atomic mass is 16.4. The first kappa shape index (κ1) is 10.8. The molecule has 4 nitrogen and oxygen atoms in total. The van der Waals surface area contributed by atoms with E-state index in [0.717, 1.165) is 17.9 Å². The Balaban J connectivity index is 2.55. The molecule has 0 saturated carbocycles. The van der Waals surface area contributed by atoms with Crippen LogP contribution in [0.5, 0.6) is 0 Å². The number of carboxylic acids is 1. The summed E-state index contributed by atoms with van der Waals surface area (Å²) in [5, 5.41) is 12.3. The number of para-hydroxylation sites is 1. The van der Waals surface area contributed by atoms with Gasteiger partial charge in [0.25, 0.3) is 0 Å². The van der Waals surface area contributed by atoms with Crippen LogP contribution in [-0.2, 0) is 0 Å². The highest BCUT2D eigenvalue weighted by Gasteiger charge is 2.31. The zero-order valence-electron chi connectivity index (χ0n) is 9.74. The van der Waals surface area contributed by atoms with Gasteiger partial charge in [-0.3, -0.25) is 0 Å². The molecule has 2 rings (SSSR count). The summed E-state index contributed by atoms with van der Waals surface area (Å²) < 4.78 is 0. The number of rotatable bonds is 1. The van der Waals surface area contributed by atoms with Crippen molar-refractivity contribution in [2.24, 2.45) is 0 Å². The van der Waals surface area contributed by atoms with Gasteiger partial charge in [-0.05, 0) is 26.0 Å². The van der Waals surface area contributed by atoms with Crippen molar-refractivity contribution in [3.05, 3.63) is 23.8 Å². The zero-order chi connectivity index (χ0) is 11.9. The molecule has 4 heteroatoms. The van der Waals surface area contributed by atoms with Crippen molar-refractivity contribution in [2.75, 3.05) is 23.8 Å². The van der Waals surface area contributed by atoms with Gasteiger partial charge >= 0.3 is 5.97 Å². The van der Waals surface area contributed by atoms with Crippen LogP contribution in [0.4, 0.5) is 11.4 Å². The number of carboxylic acid groups (broad SMARTS) is 1. The number of likely N-dealkylation sites (N-methyl/N-ethyl adjacent to an activating group) is 1. The minimum atomic E-state index is -0.891. The van der Waals surface area contributed by atoms with E-state index in [9.17, 15) is 4.79 Å². The van der Waals surface area contributed by atoms with Gasteiger partial charge in [-0.2, -0.15) is 0 Å². The summed E-state index contributed by atoms with van der Waals surface area (Å²) in [5.41, 5.74) is 1.98. The molecule has 0 spiro atoms. The van der Waals surface area contributed by atoms with Crippen molar-refractivity contribution >= 4 is 17.3 Å².